The molecule has 186 valence electrons. The van der Waals surface area contributed by atoms with Gasteiger partial charge in [-0.3, -0.25) is 9.59 Å². The van der Waals surface area contributed by atoms with Crippen molar-refractivity contribution >= 4 is 18.0 Å². The van der Waals surface area contributed by atoms with E-state index in [1.165, 1.54) is 12.8 Å². The lowest BCUT2D eigenvalue weighted by molar-refractivity contribution is -0.138. The zero-order valence-electron chi connectivity index (χ0n) is 20.4. The van der Waals surface area contributed by atoms with Gasteiger partial charge in [0, 0.05) is 25.4 Å². The first-order valence-electron chi connectivity index (χ1n) is 12.4. The fourth-order valence-electron chi connectivity index (χ4n) is 4.85. The number of carboxylic acids is 1. The van der Waals surface area contributed by atoms with Gasteiger partial charge in [-0.25, -0.2) is 4.79 Å². The highest BCUT2D eigenvalue weighted by Crippen LogP contribution is 2.44. The number of carbonyl (C=O) groups is 3. The predicted octanol–water partition coefficient (Wildman–Crippen LogP) is 4.80. The fourth-order valence-corrected chi connectivity index (χ4v) is 4.85. The van der Waals surface area contributed by atoms with E-state index in [4.69, 9.17) is 9.84 Å². The third kappa shape index (κ3) is 6.02. The highest BCUT2D eigenvalue weighted by atomic mass is 16.5. The predicted molar refractivity (Wildman–Crippen MR) is 133 cm³/mol. The molecule has 0 bridgehead atoms. The van der Waals surface area contributed by atoms with Gasteiger partial charge >= 0.3 is 12.1 Å². The molecular formula is C28H34N2O5. The Balaban J connectivity index is 1.38. The van der Waals surface area contributed by atoms with Crippen LogP contribution in [-0.2, 0) is 14.3 Å². The number of carboxylic acid groups (broad SMARTS) is 1. The van der Waals surface area contributed by atoms with Crippen molar-refractivity contribution in [3.63, 3.8) is 0 Å². The van der Waals surface area contributed by atoms with Crippen molar-refractivity contribution < 1.29 is 24.2 Å². The van der Waals surface area contributed by atoms with Crippen LogP contribution in [0, 0.1) is 5.92 Å². The summed E-state index contributed by atoms with van der Waals surface area (Å²) in [5.41, 5.74) is 4.47. The molecule has 2 unspecified atom stereocenters. The van der Waals surface area contributed by atoms with Gasteiger partial charge in [-0.15, -0.1) is 0 Å². The summed E-state index contributed by atoms with van der Waals surface area (Å²) < 4.78 is 5.59. The van der Waals surface area contributed by atoms with Crippen LogP contribution in [0.1, 0.15) is 62.5 Å². The molecule has 2 aromatic carbocycles. The van der Waals surface area contributed by atoms with Crippen molar-refractivity contribution in [1.82, 2.24) is 10.2 Å². The van der Waals surface area contributed by atoms with Gasteiger partial charge in [-0.1, -0.05) is 61.4 Å². The number of carbonyl (C=O) groups excluding carboxylic acids is 2. The van der Waals surface area contributed by atoms with Crippen molar-refractivity contribution in [2.24, 2.45) is 5.92 Å². The van der Waals surface area contributed by atoms with E-state index in [-0.39, 0.29) is 37.3 Å². The zero-order chi connectivity index (χ0) is 24.9. The summed E-state index contributed by atoms with van der Waals surface area (Å²) >= 11 is 0. The number of aliphatic carboxylic acids is 1. The minimum absolute atomic E-state index is 0.0120. The van der Waals surface area contributed by atoms with Crippen molar-refractivity contribution in [3.05, 3.63) is 59.7 Å². The van der Waals surface area contributed by atoms with Gasteiger partial charge in [0.05, 0.1) is 0 Å². The first kappa shape index (κ1) is 24.8. The van der Waals surface area contributed by atoms with Gasteiger partial charge in [-0.2, -0.15) is 0 Å². The van der Waals surface area contributed by atoms with Crippen LogP contribution in [0.25, 0.3) is 11.1 Å². The number of fused-ring (bicyclic) bond motifs is 3. The van der Waals surface area contributed by atoms with E-state index in [9.17, 15) is 14.4 Å². The molecule has 0 radical (unpaired) electrons. The second-order valence-corrected chi connectivity index (χ2v) is 9.77. The number of likely N-dealkylation sites (N-methyl/N-ethyl adjacent to an activating group) is 1. The molecule has 0 heterocycles. The maximum absolute atomic E-state index is 13.1. The summed E-state index contributed by atoms with van der Waals surface area (Å²) in [5.74, 6) is -0.626. The summed E-state index contributed by atoms with van der Waals surface area (Å²) in [6.07, 6.45) is 3.57. The molecular weight excluding hydrogens is 444 g/mol. The quantitative estimate of drug-likeness (QED) is 0.484. The number of amides is 2. The van der Waals surface area contributed by atoms with E-state index in [2.05, 4.69) is 17.4 Å². The molecule has 35 heavy (non-hydrogen) atoms. The standard InChI is InChI=1S/C28H34N2O5/c1-18(11-12-19-13-14-19)30(2)27(33)25(15-16-26(31)32)29-28(34)35-17-24-22-9-5-3-7-20(22)21-8-4-6-10-23(21)24/h3-10,18-19,24-25H,11-17H2,1-2H3,(H,29,34)(H,31,32). The molecule has 2 aliphatic rings. The summed E-state index contributed by atoms with van der Waals surface area (Å²) in [4.78, 5) is 38.7. The number of ether oxygens (including phenoxy) is 1. The number of hydrogen-bond acceptors (Lipinski definition) is 4. The SMILES string of the molecule is CC(CCC1CC1)N(C)C(=O)C(CCC(=O)O)NC(=O)OCC1c2ccccc2-c2ccccc21. The van der Waals surface area contributed by atoms with Crippen molar-refractivity contribution in [1.29, 1.82) is 0 Å². The molecule has 2 aromatic rings. The number of alkyl carbamates (subject to hydrolysis) is 1. The maximum Gasteiger partial charge on any atom is 0.407 e. The Morgan fingerprint density at radius 3 is 2.20 bits per heavy atom. The van der Waals surface area contributed by atoms with Crippen LogP contribution < -0.4 is 5.32 Å². The fraction of sp³-hybridized carbons (Fsp3) is 0.464. The number of nitrogens with zero attached hydrogens (tertiary/aromatic N) is 1. The topological polar surface area (TPSA) is 95.9 Å². The van der Waals surface area contributed by atoms with Gasteiger partial charge in [0.1, 0.15) is 12.6 Å². The third-order valence-corrected chi connectivity index (χ3v) is 7.28. The Kier molecular flexibility index (Phi) is 7.73. The molecule has 2 amide bonds. The summed E-state index contributed by atoms with van der Waals surface area (Å²) in [5, 5.41) is 11.8. The summed E-state index contributed by atoms with van der Waals surface area (Å²) in [7, 11) is 1.72. The van der Waals surface area contributed by atoms with Crippen LogP contribution >= 0.6 is 0 Å². The second-order valence-electron chi connectivity index (χ2n) is 9.77. The van der Waals surface area contributed by atoms with Crippen molar-refractivity contribution in [2.45, 2.75) is 63.5 Å². The highest BCUT2D eigenvalue weighted by molar-refractivity contribution is 5.86. The largest absolute Gasteiger partial charge is 0.481 e. The summed E-state index contributed by atoms with van der Waals surface area (Å²) in [6.45, 7) is 2.12. The first-order chi connectivity index (χ1) is 16.8. The molecule has 0 spiro atoms. The first-order valence-corrected chi connectivity index (χ1v) is 12.4. The van der Waals surface area contributed by atoms with Crippen LogP contribution in [0.4, 0.5) is 4.79 Å². The number of rotatable bonds is 11. The number of hydrogen-bond donors (Lipinski definition) is 2. The molecule has 7 nitrogen and oxygen atoms in total. The minimum Gasteiger partial charge on any atom is -0.481 e. The average molecular weight is 479 g/mol. The average Bonchev–Trinajstić information content (AvgIpc) is 3.64. The molecule has 2 aliphatic carbocycles. The van der Waals surface area contributed by atoms with Crippen LogP contribution in [0.3, 0.4) is 0 Å². The Bertz CT molecular complexity index is 1040. The van der Waals surface area contributed by atoms with Gasteiger partial charge < -0.3 is 20.1 Å². The normalized spacial score (nSPS) is 16.1. The van der Waals surface area contributed by atoms with Crippen molar-refractivity contribution in [3.8, 4) is 11.1 Å². The van der Waals surface area contributed by atoms with E-state index < -0.39 is 18.1 Å². The Labute approximate surface area is 206 Å². The van der Waals surface area contributed by atoms with Crippen LogP contribution in [0.2, 0.25) is 0 Å². The Morgan fingerprint density at radius 1 is 1.03 bits per heavy atom. The molecule has 1 fully saturated rings. The molecule has 0 saturated heterocycles. The molecule has 2 atom stereocenters. The maximum atomic E-state index is 13.1. The minimum atomic E-state index is -1.01. The van der Waals surface area contributed by atoms with Gasteiger partial charge in [-0.05, 0) is 54.4 Å². The van der Waals surface area contributed by atoms with E-state index in [1.807, 2.05) is 43.3 Å². The van der Waals surface area contributed by atoms with Crippen molar-refractivity contribution in [2.75, 3.05) is 13.7 Å². The second kappa shape index (κ2) is 10.9. The lowest BCUT2D eigenvalue weighted by Gasteiger charge is -2.29. The number of benzene rings is 2. The van der Waals surface area contributed by atoms with Crippen LogP contribution in [0.15, 0.2) is 48.5 Å². The van der Waals surface area contributed by atoms with Gasteiger partial charge in [0.25, 0.3) is 0 Å². The van der Waals surface area contributed by atoms with E-state index in [0.717, 1.165) is 41.0 Å². The highest BCUT2D eigenvalue weighted by Gasteiger charge is 2.31. The van der Waals surface area contributed by atoms with Gasteiger partial charge in [0.2, 0.25) is 5.91 Å². The Hall–Kier alpha value is -3.35. The van der Waals surface area contributed by atoms with E-state index in [1.54, 1.807) is 11.9 Å². The smallest absolute Gasteiger partial charge is 0.407 e. The van der Waals surface area contributed by atoms with E-state index in [0.29, 0.717) is 0 Å². The van der Waals surface area contributed by atoms with E-state index >= 15 is 0 Å². The lowest BCUT2D eigenvalue weighted by atomic mass is 9.98. The monoisotopic (exact) mass is 478 g/mol. The Morgan fingerprint density at radius 2 is 1.63 bits per heavy atom. The summed E-state index contributed by atoms with van der Waals surface area (Å²) in [6, 6.07) is 15.2. The molecule has 7 heteroatoms. The zero-order valence-corrected chi connectivity index (χ0v) is 20.4. The van der Waals surface area contributed by atoms with Crippen LogP contribution in [0.5, 0.6) is 0 Å². The van der Waals surface area contributed by atoms with Gasteiger partial charge in [0.15, 0.2) is 0 Å². The number of nitrogens with one attached hydrogen (secondary N) is 1. The molecule has 1 saturated carbocycles. The third-order valence-electron chi connectivity index (χ3n) is 7.28. The lowest BCUT2D eigenvalue weighted by Crippen LogP contribution is -2.50. The molecule has 2 N–H and O–H groups in total. The van der Waals surface area contributed by atoms with Crippen LogP contribution in [-0.4, -0.2) is 53.7 Å². The molecule has 4 rings (SSSR count). The molecule has 0 aromatic heterocycles. The molecule has 0 aliphatic heterocycles.